The summed E-state index contributed by atoms with van der Waals surface area (Å²) in [6.45, 7) is 4.18. The molecule has 3 heteroatoms. The van der Waals surface area contributed by atoms with Crippen LogP contribution < -0.4 is 0 Å². The topological polar surface area (TPSA) is 33.6 Å². The lowest BCUT2D eigenvalue weighted by Gasteiger charge is -2.12. The summed E-state index contributed by atoms with van der Waals surface area (Å²) in [6, 6.07) is 20.2. The molecule has 0 aliphatic carbocycles. The largest absolute Gasteiger partial charge is 0.345 e. The first-order chi connectivity index (χ1) is 10.7. The summed E-state index contributed by atoms with van der Waals surface area (Å²) in [5.74, 6) is 0. The first-order valence-electron chi connectivity index (χ1n) is 7.33. The minimum atomic E-state index is 0.973. The van der Waals surface area contributed by atoms with Crippen molar-refractivity contribution in [1.29, 1.82) is 0 Å². The standard InChI is InChI=1S/C19H16N3/c1-13-3-6-15(7-4-13)19-10-5-14(2)22(19)16-8-9-17-18(11-16)21-12-20-17/h3-4,6-12H,1-2H3,(H,20,21). The number of nitrogens with one attached hydrogen (secondary N) is 1. The Balaban J connectivity index is 1.91. The van der Waals surface area contributed by atoms with E-state index in [4.69, 9.17) is 0 Å². The van der Waals surface area contributed by atoms with E-state index in [1.165, 1.54) is 11.1 Å². The number of nitrogens with zero attached hydrogens (tertiary/aromatic N) is 2. The minimum Gasteiger partial charge on any atom is -0.345 e. The molecular formula is C19H16N3. The monoisotopic (exact) mass is 286 g/mol. The Hall–Kier alpha value is -2.81. The lowest BCUT2D eigenvalue weighted by Crippen LogP contribution is -1.99. The molecule has 107 valence electrons. The summed E-state index contributed by atoms with van der Waals surface area (Å²) in [5.41, 5.74) is 7.82. The lowest BCUT2D eigenvalue weighted by atomic mass is 10.1. The summed E-state index contributed by atoms with van der Waals surface area (Å²) >= 11 is 0. The molecule has 4 rings (SSSR count). The number of H-pyrrole nitrogens is 1. The van der Waals surface area contributed by atoms with Crippen LogP contribution in [-0.2, 0) is 0 Å². The molecule has 0 spiro atoms. The summed E-state index contributed by atoms with van der Waals surface area (Å²) in [4.78, 5) is 7.48. The van der Waals surface area contributed by atoms with Crippen LogP contribution in [0.4, 0.5) is 0 Å². The molecule has 2 aromatic heterocycles. The van der Waals surface area contributed by atoms with E-state index in [2.05, 4.69) is 83.0 Å². The fraction of sp³-hybridized carbons (Fsp3) is 0.105. The van der Waals surface area contributed by atoms with Crippen LogP contribution in [0, 0.1) is 19.9 Å². The summed E-state index contributed by atoms with van der Waals surface area (Å²) < 4.78 is 2.22. The third-order valence-corrected chi connectivity index (χ3v) is 4.00. The van der Waals surface area contributed by atoms with Gasteiger partial charge in [0.15, 0.2) is 0 Å². The van der Waals surface area contributed by atoms with Gasteiger partial charge in [0.2, 0.25) is 0 Å². The van der Waals surface area contributed by atoms with Crippen LogP contribution >= 0.6 is 0 Å². The molecule has 2 aromatic carbocycles. The van der Waals surface area contributed by atoms with Crippen molar-refractivity contribution in [3.8, 4) is 16.9 Å². The highest BCUT2D eigenvalue weighted by Gasteiger charge is 2.10. The number of hydrogen-bond donors (Lipinski definition) is 1. The van der Waals surface area contributed by atoms with Gasteiger partial charge in [-0.15, -0.1) is 0 Å². The average molecular weight is 286 g/mol. The summed E-state index contributed by atoms with van der Waals surface area (Å²) in [5, 5.41) is 0. The molecule has 0 saturated heterocycles. The number of fused-ring (bicyclic) bond motifs is 1. The molecule has 0 unspecified atom stereocenters. The quantitative estimate of drug-likeness (QED) is 0.581. The van der Waals surface area contributed by atoms with Gasteiger partial charge in [-0.25, -0.2) is 4.98 Å². The van der Waals surface area contributed by atoms with Crippen LogP contribution in [0.15, 0.2) is 54.9 Å². The van der Waals surface area contributed by atoms with Crippen molar-refractivity contribution in [1.82, 2.24) is 14.5 Å². The van der Waals surface area contributed by atoms with Crippen molar-refractivity contribution in [2.75, 3.05) is 0 Å². The Morgan fingerprint density at radius 3 is 2.68 bits per heavy atom. The van der Waals surface area contributed by atoms with Crippen molar-refractivity contribution in [3.05, 3.63) is 72.2 Å². The second kappa shape index (κ2) is 4.88. The van der Waals surface area contributed by atoms with Crippen molar-refractivity contribution < 1.29 is 0 Å². The van der Waals surface area contributed by atoms with E-state index < -0.39 is 0 Å². The number of aromatic amines is 1. The Morgan fingerprint density at radius 2 is 1.86 bits per heavy atom. The molecule has 0 atom stereocenters. The van der Waals surface area contributed by atoms with Gasteiger partial charge in [-0.1, -0.05) is 29.8 Å². The van der Waals surface area contributed by atoms with Gasteiger partial charge < -0.3 is 9.55 Å². The summed E-state index contributed by atoms with van der Waals surface area (Å²) in [7, 11) is 0. The maximum absolute atomic E-state index is 4.35. The zero-order chi connectivity index (χ0) is 15.1. The highest BCUT2D eigenvalue weighted by atomic mass is 15.0. The van der Waals surface area contributed by atoms with Crippen molar-refractivity contribution in [2.24, 2.45) is 0 Å². The van der Waals surface area contributed by atoms with Crippen LogP contribution in [0.25, 0.3) is 28.0 Å². The number of aromatic nitrogens is 3. The normalized spacial score (nSPS) is 11.2. The highest BCUT2D eigenvalue weighted by Crippen LogP contribution is 2.27. The third-order valence-electron chi connectivity index (χ3n) is 4.00. The molecule has 0 fully saturated rings. The SMILES string of the molecule is Cc1ccc(-c2c[c]c(C)n2-c2ccc3[nH]cnc3c2)cc1. The molecular weight excluding hydrogens is 270 g/mol. The fourth-order valence-electron chi connectivity index (χ4n) is 2.81. The first-order valence-corrected chi connectivity index (χ1v) is 7.33. The third kappa shape index (κ3) is 2.02. The zero-order valence-electron chi connectivity index (χ0n) is 12.6. The van der Waals surface area contributed by atoms with Gasteiger partial charge >= 0.3 is 0 Å². The van der Waals surface area contributed by atoms with Crippen molar-refractivity contribution in [2.45, 2.75) is 13.8 Å². The van der Waals surface area contributed by atoms with Gasteiger partial charge in [0, 0.05) is 17.4 Å². The zero-order valence-corrected chi connectivity index (χ0v) is 12.6. The first kappa shape index (κ1) is 12.9. The van der Waals surface area contributed by atoms with Gasteiger partial charge in [-0.05, 0) is 43.7 Å². The van der Waals surface area contributed by atoms with Gasteiger partial charge in [-0.2, -0.15) is 0 Å². The second-order valence-electron chi connectivity index (χ2n) is 5.56. The molecule has 0 aliphatic rings. The van der Waals surface area contributed by atoms with E-state index >= 15 is 0 Å². The number of benzene rings is 2. The van der Waals surface area contributed by atoms with E-state index in [9.17, 15) is 0 Å². The minimum absolute atomic E-state index is 0.973. The predicted molar refractivity (Wildman–Crippen MR) is 89.2 cm³/mol. The van der Waals surface area contributed by atoms with E-state index in [0.29, 0.717) is 0 Å². The molecule has 1 N–H and O–H groups in total. The van der Waals surface area contributed by atoms with E-state index in [1.54, 1.807) is 6.33 Å². The molecule has 4 aromatic rings. The van der Waals surface area contributed by atoms with Crippen LogP contribution in [0.2, 0.25) is 0 Å². The van der Waals surface area contributed by atoms with Crippen LogP contribution in [-0.4, -0.2) is 14.5 Å². The molecule has 0 amide bonds. The van der Waals surface area contributed by atoms with Crippen LogP contribution in [0.3, 0.4) is 0 Å². The number of hydrogen-bond acceptors (Lipinski definition) is 1. The second-order valence-corrected chi connectivity index (χ2v) is 5.56. The molecule has 1 radical (unpaired) electrons. The van der Waals surface area contributed by atoms with Crippen LogP contribution in [0.5, 0.6) is 0 Å². The maximum atomic E-state index is 4.35. The van der Waals surface area contributed by atoms with E-state index in [1.807, 2.05) is 0 Å². The Morgan fingerprint density at radius 1 is 1.05 bits per heavy atom. The molecule has 0 bridgehead atoms. The van der Waals surface area contributed by atoms with Gasteiger partial charge in [0.1, 0.15) is 0 Å². The molecule has 0 aliphatic heterocycles. The van der Waals surface area contributed by atoms with E-state index in [0.717, 1.165) is 28.1 Å². The fourth-order valence-corrected chi connectivity index (χ4v) is 2.81. The predicted octanol–water partition coefficient (Wildman–Crippen LogP) is 4.44. The summed E-state index contributed by atoms with van der Waals surface area (Å²) in [6.07, 6.45) is 1.73. The molecule has 22 heavy (non-hydrogen) atoms. The Bertz CT molecular complexity index is 942. The number of rotatable bonds is 2. The van der Waals surface area contributed by atoms with Gasteiger partial charge in [-0.3, -0.25) is 0 Å². The number of imidazole rings is 1. The maximum Gasteiger partial charge on any atom is 0.0931 e. The van der Waals surface area contributed by atoms with Crippen molar-refractivity contribution >= 4 is 11.0 Å². The van der Waals surface area contributed by atoms with Crippen molar-refractivity contribution in [3.63, 3.8) is 0 Å². The van der Waals surface area contributed by atoms with Gasteiger partial charge in [0.05, 0.1) is 23.1 Å². The van der Waals surface area contributed by atoms with E-state index in [-0.39, 0.29) is 0 Å². The molecule has 2 heterocycles. The lowest BCUT2D eigenvalue weighted by molar-refractivity contribution is 1.02. The Kier molecular flexibility index (Phi) is 2.86. The van der Waals surface area contributed by atoms with Crippen LogP contribution in [0.1, 0.15) is 11.3 Å². The number of aryl methyl sites for hydroxylation is 2. The average Bonchev–Trinajstić information content (AvgIpc) is 3.13. The highest BCUT2D eigenvalue weighted by molar-refractivity contribution is 5.78. The Labute approximate surface area is 129 Å². The van der Waals surface area contributed by atoms with Gasteiger partial charge in [0.25, 0.3) is 0 Å². The smallest absolute Gasteiger partial charge is 0.0931 e. The molecule has 0 saturated carbocycles. The molecule has 3 nitrogen and oxygen atoms in total.